The summed E-state index contributed by atoms with van der Waals surface area (Å²) in [5.74, 6) is 0.728. The normalized spacial score (nSPS) is 40.2. The molecule has 3 rings (SSSR count). The third-order valence-corrected chi connectivity index (χ3v) is 5.43. The van der Waals surface area contributed by atoms with Gasteiger partial charge in [0.05, 0.1) is 0 Å². The Morgan fingerprint density at radius 3 is 2.57 bits per heavy atom. The van der Waals surface area contributed by atoms with Crippen LogP contribution in [0.4, 0.5) is 0 Å². The molecular formula is C17H22O4. The summed E-state index contributed by atoms with van der Waals surface area (Å²) >= 11 is 0. The molecule has 3 aliphatic rings. The lowest BCUT2D eigenvalue weighted by atomic mass is 9.55. The fourth-order valence-electron chi connectivity index (χ4n) is 4.77. The number of carbonyl (C=O) groups is 2. The molecular weight excluding hydrogens is 268 g/mol. The number of ether oxygens (including phenoxy) is 2. The van der Waals surface area contributed by atoms with E-state index < -0.39 is 0 Å². The molecule has 4 nitrogen and oxygen atoms in total. The number of hydrogen-bond donors (Lipinski definition) is 0. The van der Waals surface area contributed by atoms with Crippen molar-refractivity contribution in [3.63, 3.8) is 0 Å². The topological polar surface area (TPSA) is 52.6 Å². The van der Waals surface area contributed by atoms with Crippen molar-refractivity contribution in [3.05, 3.63) is 25.3 Å². The Morgan fingerprint density at radius 2 is 1.86 bits per heavy atom. The Bertz CT molecular complexity index is 479. The third-order valence-electron chi connectivity index (χ3n) is 5.43. The molecule has 0 radical (unpaired) electrons. The molecule has 0 aliphatic heterocycles. The van der Waals surface area contributed by atoms with Crippen molar-refractivity contribution in [2.45, 2.75) is 50.2 Å². The highest BCUT2D eigenvalue weighted by molar-refractivity contribution is 5.82. The Labute approximate surface area is 125 Å². The monoisotopic (exact) mass is 290 g/mol. The Morgan fingerprint density at radius 1 is 1.10 bits per heavy atom. The second-order valence-electron chi connectivity index (χ2n) is 6.70. The van der Waals surface area contributed by atoms with Crippen LogP contribution in [0.2, 0.25) is 0 Å². The molecule has 0 saturated heterocycles. The van der Waals surface area contributed by atoms with Gasteiger partial charge in [-0.05, 0) is 56.3 Å². The van der Waals surface area contributed by atoms with Gasteiger partial charge in [-0.3, -0.25) is 0 Å². The first-order chi connectivity index (χ1) is 10.0. The van der Waals surface area contributed by atoms with Crippen LogP contribution in [0.3, 0.4) is 0 Å². The van der Waals surface area contributed by atoms with E-state index in [9.17, 15) is 9.59 Å². The first kappa shape index (κ1) is 14.4. The van der Waals surface area contributed by atoms with E-state index in [2.05, 4.69) is 13.2 Å². The molecule has 0 heterocycles. The number of rotatable bonds is 4. The average Bonchev–Trinajstić information content (AvgIpc) is 2.45. The summed E-state index contributed by atoms with van der Waals surface area (Å²) in [7, 11) is 0. The van der Waals surface area contributed by atoms with E-state index in [1.807, 2.05) is 0 Å². The molecule has 3 saturated carbocycles. The van der Waals surface area contributed by atoms with Gasteiger partial charge in [0.25, 0.3) is 0 Å². The Hall–Kier alpha value is -1.58. The molecule has 3 aliphatic carbocycles. The van der Waals surface area contributed by atoms with E-state index in [1.165, 1.54) is 18.6 Å². The first-order valence-electron chi connectivity index (χ1n) is 7.74. The van der Waals surface area contributed by atoms with E-state index in [0.717, 1.165) is 32.1 Å². The van der Waals surface area contributed by atoms with Crippen LogP contribution in [0.5, 0.6) is 0 Å². The van der Waals surface area contributed by atoms with E-state index >= 15 is 0 Å². The lowest BCUT2D eigenvalue weighted by Crippen LogP contribution is -2.55. The highest BCUT2D eigenvalue weighted by atomic mass is 16.6. The smallest absolute Gasteiger partial charge is 0.330 e. The fraction of sp³-hybridized carbons (Fsp3) is 0.647. The maximum Gasteiger partial charge on any atom is 0.330 e. The lowest BCUT2D eigenvalue weighted by Gasteiger charge is -2.55. The van der Waals surface area contributed by atoms with Crippen molar-refractivity contribution in [2.24, 2.45) is 17.8 Å². The minimum atomic E-state index is -0.324. The quantitative estimate of drug-likeness (QED) is 0.590. The van der Waals surface area contributed by atoms with Crippen LogP contribution < -0.4 is 0 Å². The summed E-state index contributed by atoms with van der Waals surface area (Å²) in [5.41, 5.74) is -0.303. The van der Waals surface area contributed by atoms with Crippen LogP contribution in [0, 0.1) is 17.8 Å². The summed E-state index contributed by atoms with van der Waals surface area (Å²) in [6.45, 7) is 6.96. The Balaban J connectivity index is 1.74. The van der Waals surface area contributed by atoms with E-state index in [0.29, 0.717) is 17.8 Å². The van der Waals surface area contributed by atoms with Gasteiger partial charge in [0.15, 0.2) is 0 Å². The number of esters is 2. The van der Waals surface area contributed by atoms with Crippen molar-refractivity contribution in [1.29, 1.82) is 0 Å². The van der Waals surface area contributed by atoms with Gasteiger partial charge in [0.2, 0.25) is 0 Å². The van der Waals surface area contributed by atoms with Crippen molar-refractivity contribution in [1.82, 2.24) is 0 Å². The molecule has 21 heavy (non-hydrogen) atoms. The zero-order valence-electron chi connectivity index (χ0n) is 12.3. The average molecular weight is 290 g/mol. The SMILES string of the molecule is C=CC(=O)O[C@H]1C[C@H]2C[C@@H]3C[C@@](OC(=O)C=C)(CCC31)C2. The summed E-state index contributed by atoms with van der Waals surface area (Å²) in [6.07, 6.45) is 8.15. The van der Waals surface area contributed by atoms with E-state index in [-0.39, 0.29) is 23.6 Å². The zero-order chi connectivity index (χ0) is 15.0. The standard InChI is InChI=1S/C17H22O4/c1-3-15(18)20-14-8-11-7-12-10-17(9-11,6-5-13(12)14)21-16(19)4-2/h3-4,11-14H,1-2,5-10H2/t11-,12-,13?,14+,17-/m1/s1. The van der Waals surface area contributed by atoms with Crippen LogP contribution in [-0.4, -0.2) is 23.6 Å². The maximum atomic E-state index is 11.6. The van der Waals surface area contributed by atoms with Crippen molar-refractivity contribution in [3.8, 4) is 0 Å². The molecule has 0 aromatic rings. The first-order valence-corrected chi connectivity index (χ1v) is 7.74. The molecule has 0 amide bonds. The van der Waals surface area contributed by atoms with Gasteiger partial charge in [0.1, 0.15) is 11.7 Å². The van der Waals surface area contributed by atoms with Crippen LogP contribution in [0.25, 0.3) is 0 Å². The molecule has 4 heteroatoms. The second kappa shape index (κ2) is 5.32. The third kappa shape index (κ3) is 2.63. The van der Waals surface area contributed by atoms with Gasteiger partial charge in [-0.1, -0.05) is 13.2 Å². The fourth-order valence-corrected chi connectivity index (χ4v) is 4.77. The molecule has 5 atom stereocenters. The van der Waals surface area contributed by atoms with Gasteiger partial charge in [-0.15, -0.1) is 0 Å². The van der Waals surface area contributed by atoms with Crippen LogP contribution in [0.1, 0.15) is 38.5 Å². The highest BCUT2D eigenvalue weighted by Gasteiger charge is 2.54. The molecule has 0 N–H and O–H groups in total. The number of carbonyl (C=O) groups excluding carboxylic acids is 2. The molecule has 3 fully saturated rings. The van der Waals surface area contributed by atoms with Gasteiger partial charge < -0.3 is 9.47 Å². The van der Waals surface area contributed by atoms with Crippen molar-refractivity contribution in [2.75, 3.05) is 0 Å². The molecule has 0 spiro atoms. The highest BCUT2D eigenvalue weighted by Crippen LogP contribution is 2.56. The predicted octanol–water partition coefficient (Wildman–Crippen LogP) is 2.78. The molecule has 0 aromatic heterocycles. The van der Waals surface area contributed by atoms with E-state index in [4.69, 9.17) is 9.47 Å². The molecule has 0 aromatic carbocycles. The van der Waals surface area contributed by atoms with Crippen LogP contribution >= 0.6 is 0 Å². The van der Waals surface area contributed by atoms with Crippen molar-refractivity contribution >= 4 is 11.9 Å². The van der Waals surface area contributed by atoms with E-state index in [1.54, 1.807) is 0 Å². The lowest BCUT2D eigenvalue weighted by molar-refractivity contribution is -0.189. The minimum Gasteiger partial charge on any atom is -0.459 e. The summed E-state index contributed by atoms with van der Waals surface area (Å²) in [6, 6.07) is 0. The summed E-state index contributed by atoms with van der Waals surface area (Å²) < 4.78 is 11.3. The van der Waals surface area contributed by atoms with Crippen LogP contribution in [-0.2, 0) is 19.1 Å². The second-order valence-corrected chi connectivity index (χ2v) is 6.70. The van der Waals surface area contributed by atoms with Gasteiger partial charge in [0, 0.05) is 12.2 Å². The summed E-state index contributed by atoms with van der Waals surface area (Å²) in [4.78, 5) is 23.1. The largest absolute Gasteiger partial charge is 0.459 e. The number of fused-ring (bicyclic) bond motifs is 2. The minimum absolute atomic E-state index is 0.00709. The van der Waals surface area contributed by atoms with Gasteiger partial charge in [-0.25, -0.2) is 9.59 Å². The Kier molecular flexibility index (Phi) is 3.64. The van der Waals surface area contributed by atoms with Crippen LogP contribution in [0.15, 0.2) is 25.3 Å². The van der Waals surface area contributed by atoms with Crippen molar-refractivity contribution < 1.29 is 19.1 Å². The zero-order valence-corrected chi connectivity index (χ0v) is 12.3. The number of hydrogen-bond acceptors (Lipinski definition) is 4. The molecule has 1 unspecified atom stereocenters. The molecule has 114 valence electrons. The predicted molar refractivity (Wildman–Crippen MR) is 77.3 cm³/mol. The summed E-state index contributed by atoms with van der Waals surface area (Å²) in [5, 5.41) is 0. The maximum absolute atomic E-state index is 11.6. The molecule has 3 bridgehead atoms. The van der Waals surface area contributed by atoms with Gasteiger partial charge >= 0.3 is 11.9 Å². The van der Waals surface area contributed by atoms with Gasteiger partial charge in [-0.2, -0.15) is 0 Å².